The van der Waals surface area contributed by atoms with Crippen molar-refractivity contribution in [2.75, 3.05) is 12.3 Å². The molecule has 0 amide bonds. The number of nitrogens with two attached hydrogens (primary N) is 1. The van der Waals surface area contributed by atoms with E-state index in [9.17, 15) is 8.42 Å². The van der Waals surface area contributed by atoms with Crippen LogP contribution in [0.25, 0.3) is 0 Å². The fraction of sp³-hybridized carbons (Fsp3) is 0.308. The van der Waals surface area contributed by atoms with Crippen molar-refractivity contribution in [1.82, 2.24) is 14.1 Å². The van der Waals surface area contributed by atoms with Crippen molar-refractivity contribution in [3.05, 3.63) is 41.0 Å². The number of sulfonamides is 1. The van der Waals surface area contributed by atoms with Gasteiger partial charge in [0.05, 0.1) is 11.2 Å². The molecule has 6 nitrogen and oxygen atoms in total. The lowest BCUT2D eigenvalue weighted by Crippen LogP contribution is -2.32. The minimum Gasteiger partial charge on any atom is -0.399 e. The monoisotopic (exact) mass is 328 g/mol. The molecule has 114 valence electrons. The topological polar surface area (TPSA) is 81.2 Å². The van der Waals surface area contributed by atoms with Gasteiger partial charge < -0.3 is 5.73 Å². The van der Waals surface area contributed by atoms with Crippen LogP contribution < -0.4 is 5.73 Å². The summed E-state index contributed by atoms with van der Waals surface area (Å²) >= 11 is 5.95. The summed E-state index contributed by atoms with van der Waals surface area (Å²) in [5, 5.41) is 3.99. The van der Waals surface area contributed by atoms with E-state index in [2.05, 4.69) is 5.10 Å². The highest BCUT2D eigenvalue weighted by Gasteiger charge is 2.29. The zero-order chi connectivity index (χ0) is 15.6. The predicted molar refractivity (Wildman–Crippen MR) is 82.3 cm³/mol. The third kappa shape index (κ3) is 3.20. The maximum absolute atomic E-state index is 12.7. The third-order valence-corrected chi connectivity index (χ3v) is 5.52. The largest absolute Gasteiger partial charge is 0.399 e. The lowest BCUT2D eigenvalue weighted by Gasteiger charge is -2.21. The molecule has 0 aliphatic carbocycles. The quantitative estimate of drug-likeness (QED) is 0.849. The first kappa shape index (κ1) is 15.8. The number of aromatic nitrogens is 2. The summed E-state index contributed by atoms with van der Waals surface area (Å²) in [5.74, 6) is 0. The van der Waals surface area contributed by atoms with E-state index in [-0.39, 0.29) is 16.6 Å². The Morgan fingerprint density at radius 2 is 2.14 bits per heavy atom. The van der Waals surface area contributed by atoms with Gasteiger partial charge in [0.25, 0.3) is 10.0 Å². The number of nitrogens with zero attached hydrogens (tertiary/aromatic N) is 3. The fourth-order valence-electron chi connectivity index (χ4n) is 2.07. The van der Waals surface area contributed by atoms with Gasteiger partial charge in [-0.05, 0) is 17.7 Å². The van der Waals surface area contributed by atoms with Gasteiger partial charge in [0.15, 0.2) is 5.03 Å². The number of nitrogen functional groups attached to an aromatic ring is 1. The average molecular weight is 329 g/mol. The molecule has 0 unspecified atom stereocenters. The van der Waals surface area contributed by atoms with E-state index in [4.69, 9.17) is 17.3 Å². The van der Waals surface area contributed by atoms with Crippen LogP contribution in [-0.4, -0.2) is 29.0 Å². The molecule has 1 aromatic carbocycles. The molecule has 21 heavy (non-hydrogen) atoms. The van der Waals surface area contributed by atoms with Crippen molar-refractivity contribution in [3.8, 4) is 0 Å². The smallest absolute Gasteiger partial charge is 0.262 e. The Morgan fingerprint density at radius 3 is 2.67 bits per heavy atom. The molecule has 2 rings (SSSR count). The van der Waals surface area contributed by atoms with E-state index in [1.54, 1.807) is 32.2 Å². The molecular weight excluding hydrogens is 312 g/mol. The number of anilines is 1. The standard InChI is InChI=1S/C13H17ClN4O2S/c1-3-18(9-10-5-4-6-11(15)7-10)21(19,20)13-12(14)8-16-17(13)2/h4-8H,3,9,15H2,1-2H3. The molecule has 0 spiro atoms. The fourth-order valence-corrected chi connectivity index (χ4v) is 4.12. The highest BCUT2D eigenvalue weighted by atomic mass is 35.5. The zero-order valence-electron chi connectivity index (χ0n) is 11.8. The lowest BCUT2D eigenvalue weighted by molar-refractivity contribution is 0.417. The number of hydrogen-bond acceptors (Lipinski definition) is 4. The van der Waals surface area contributed by atoms with E-state index < -0.39 is 10.0 Å². The van der Waals surface area contributed by atoms with Crippen molar-refractivity contribution < 1.29 is 8.42 Å². The molecule has 0 radical (unpaired) electrons. The van der Waals surface area contributed by atoms with Crippen LogP contribution in [0.4, 0.5) is 5.69 Å². The summed E-state index contributed by atoms with van der Waals surface area (Å²) in [4.78, 5) is 0. The molecule has 1 aromatic heterocycles. The van der Waals surface area contributed by atoms with Crippen LogP contribution in [0.3, 0.4) is 0 Å². The Hall–Kier alpha value is -1.57. The average Bonchev–Trinajstić information content (AvgIpc) is 2.76. The van der Waals surface area contributed by atoms with Gasteiger partial charge in [-0.15, -0.1) is 0 Å². The Kier molecular flexibility index (Phi) is 4.55. The molecule has 0 saturated carbocycles. The number of benzene rings is 1. The summed E-state index contributed by atoms with van der Waals surface area (Å²) in [5.41, 5.74) is 7.14. The van der Waals surface area contributed by atoms with Crippen molar-refractivity contribution in [2.45, 2.75) is 18.5 Å². The van der Waals surface area contributed by atoms with Gasteiger partial charge in [0.1, 0.15) is 0 Å². The number of hydrogen-bond donors (Lipinski definition) is 1. The molecule has 2 aromatic rings. The molecule has 2 N–H and O–H groups in total. The molecule has 0 bridgehead atoms. The van der Waals surface area contributed by atoms with Gasteiger partial charge in [-0.3, -0.25) is 4.68 Å². The molecule has 0 atom stereocenters. The zero-order valence-corrected chi connectivity index (χ0v) is 13.4. The van der Waals surface area contributed by atoms with E-state index in [0.717, 1.165) is 5.56 Å². The first-order valence-electron chi connectivity index (χ1n) is 6.38. The van der Waals surface area contributed by atoms with Gasteiger partial charge >= 0.3 is 0 Å². The number of aryl methyl sites for hydroxylation is 1. The molecule has 0 fully saturated rings. The van der Waals surface area contributed by atoms with Gasteiger partial charge in [0.2, 0.25) is 0 Å². The minimum atomic E-state index is -3.72. The molecular formula is C13H17ClN4O2S. The van der Waals surface area contributed by atoms with Crippen molar-refractivity contribution in [2.24, 2.45) is 7.05 Å². The summed E-state index contributed by atoms with van der Waals surface area (Å²) in [6, 6.07) is 7.14. The third-order valence-electron chi connectivity index (χ3n) is 3.09. The lowest BCUT2D eigenvalue weighted by atomic mass is 10.2. The number of rotatable bonds is 5. The maximum Gasteiger partial charge on any atom is 0.262 e. The summed E-state index contributed by atoms with van der Waals surface area (Å²) < 4.78 is 28.0. The molecule has 8 heteroatoms. The Bertz CT molecular complexity index is 723. The first-order chi connectivity index (χ1) is 9.86. The molecule has 0 aliphatic heterocycles. The summed E-state index contributed by atoms with van der Waals surface area (Å²) in [6.45, 7) is 2.32. The second-order valence-corrected chi connectivity index (χ2v) is 6.86. The Balaban J connectivity index is 2.37. The normalized spacial score (nSPS) is 12.0. The van der Waals surface area contributed by atoms with Gasteiger partial charge in [-0.2, -0.15) is 9.40 Å². The highest BCUT2D eigenvalue weighted by molar-refractivity contribution is 7.89. The van der Waals surface area contributed by atoms with Crippen LogP contribution in [0.2, 0.25) is 5.02 Å². The van der Waals surface area contributed by atoms with Gasteiger partial charge in [0, 0.05) is 25.8 Å². The van der Waals surface area contributed by atoms with Crippen LogP contribution in [0.5, 0.6) is 0 Å². The van der Waals surface area contributed by atoms with Crippen LogP contribution in [-0.2, 0) is 23.6 Å². The van der Waals surface area contributed by atoms with Crippen molar-refractivity contribution in [1.29, 1.82) is 0 Å². The highest BCUT2D eigenvalue weighted by Crippen LogP contribution is 2.25. The first-order valence-corrected chi connectivity index (χ1v) is 8.20. The Labute approximate surface area is 129 Å². The van der Waals surface area contributed by atoms with E-state index in [1.807, 2.05) is 6.07 Å². The minimum absolute atomic E-state index is 0.00470. The Morgan fingerprint density at radius 1 is 1.43 bits per heavy atom. The van der Waals surface area contributed by atoms with Crippen LogP contribution in [0.15, 0.2) is 35.5 Å². The molecule has 1 heterocycles. The molecule has 0 saturated heterocycles. The second-order valence-electron chi connectivity index (χ2n) is 4.60. The van der Waals surface area contributed by atoms with Crippen LogP contribution in [0.1, 0.15) is 12.5 Å². The number of halogens is 1. The van der Waals surface area contributed by atoms with E-state index >= 15 is 0 Å². The van der Waals surface area contributed by atoms with Crippen LogP contribution >= 0.6 is 11.6 Å². The van der Waals surface area contributed by atoms with Crippen molar-refractivity contribution >= 4 is 27.3 Å². The maximum atomic E-state index is 12.7. The second kappa shape index (κ2) is 6.05. The van der Waals surface area contributed by atoms with Crippen LogP contribution in [0, 0.1) is 0 Å². The molecule has 0 aliphatic rings. The predicted octanol–water partition coefficient (Wildman–Crippen LogP) is 1.87. The van der Waals surface area contributed by atoms with Crippen molar-refractivity contribution in [3.63, 3.8) is 0 Å². The van der Waals surface area contributed by atoms with Gasteiger partial charge in [-0.25, -0.2) is 8.42 Å². The summed E-state index contributed by atoms with van der Waals surface area (Å²) in [6.07, 6.45) is 1.32. The summed E-state index contributed by atoms with van der Waals surface area (Å²) in [7, 11) is -2.17. The van der Waals surface area contributed by atoms with E-state index in [1.165, 1.54) is 15.2 Å². The van der Waals surface area contributed by atoms with E-state index in [0.29, 0.717) is 12.2 Å². The SMILES string of the molecule is CCN(Cc1cccc(N)c1)S(=O)(=O)c1c(Cl)cnn1C. The van der Waals surface area contributed by atoms with Gasteiger partial charge in [-0.1, -0.05) is 30.7 Å².